The van der Waals surface area contributed by atoms with Crippen molar-refractivity contribution in [1.29, 1.82) is 0 Å². The van der Waals surface area contributed by atoms with Gasteiger partial charge in [0.25, 0.3) is 0 Å². The number of rotatable bonds is 2. The molecule has 15 heavy (non-hydrogen) atoms. The Morgan fingerprint density at radius 2 is 1.60 bits per heavy atom. The average molecular weight is 228 g/mol. The van der Waals surface area contributed by atoms with E-state index in [0.717, 1.165) is 19.6 Å². The predicted octanol–water partition coefficient (Wildman–Crippen LogP) is 0.579. The molecule has 0 spiro atoms. The highest BCUT2D eigenvalue weighted by atomic mass is 35.5. The van der Waals surface area contributed by atoms with E-state index in [1.807, 2.05) is 6.07 Å². The largest absolute Gasteiger partial charge is 0.325 e. The molecule has 3 nitrogen and oxygen atoms in total. The monoisotopic (exact) mass is 227 g/mol. The van der Waals surface area contributed by atoms with Gasteiger partial charge < -0.3 is 11.5 Å². The summed E-state index contributed by atoms with van der Waals surface area (Å²) in [7, 11) is 0. The maximum atomic E-state index is 5.86. The minimum absolute atomic E-state index is 0. The molecule has 1 aromatic rings. The van der Waals surface area contributed by atoms with E-state index < -0.39 is 0 Å². The second-order valence-electron chi connectivity index (χ2n) is 4.01. The van der Waals surface area contributed by atoms with Crippen molar-refractivity contribution >= 4 is 12.4 Å². The van der Waals surface area contributed by atoms with E-state index in [4.69, 9.17) is 11.5 Å². The molecule has 84 valence electrons. The molecule has 4 heteroatoms. The van der Waals surface area contributed by atoms with Gasteiger partial charge in [-0.15, -0.1) is 12.4 Å². The normalized spacial score (nSPS) is 26.3. The van der Waals surface area contributed by atoms with Crippen LogP contribution in [0.25, 0.3) is 0 Å². The molecule has 1 aliphatic heterocycles. The average Bonchev–Trinajstić information content (AvgIpc) is 2.47. The summed E-state index contributed by atoms with van der Waals surface area (Å²) in [6.07, 6.45) is 0. The van der Waals surface area contributed by atoms with Gasteiger partial charge in [0.15, 0.2) is 0 Å². The second kappa shape index (κ2) is 5.47. The van der Waals surface area contributed by atoms with Gasteiger partial charge in [-0.25, -0.2) is 0 Å². The van der Waals surface area contributed by atoms with Crippen molar-refractivity contribution in [2.24, 2.45) is 11.5 Å². The molecule has 0 aliphatic carbocycles. The maximum Gasteiger partial charge on any atom is 0.0334 e. The van der Waals surface area contributed by atoms with Crippen molar-refractivity contribution in [3.8, 4) is 0 Å². The van der Waals surface area contributed by atoms with E-state index in [0.29, 0.717) is 0 Å². The van der Waals surface area contributed by atoms with Crippen molar-refractivity contribution in [3.05, 3.63) is 35.9 Å². The number of nitrogens with zero attached hydrogens (tertiary/aromatic N) is 1. The zero-order valence-corrected chi connectivity index (χ0v) is 9.49. The van der Waals surface area contributed by atoms with Gasteiger partial charge in [0.2, 0.25) is 0 Å². The summed E-state index contributed by atoms with van der Waals surface area (Å²) in [4.78, 5) is 2.31. The van der Waals surface area contributed by atoms with E-state index in [1.165, 1.54) is 5.56 Å². The van der Waals surface area contributed by atoms with Gasteiger partial charge in [-0.3, -0.25) is 4.90 Å². The molecular formula is C11H18ClN3. The van der Waals surface area contributed by atoms with Crippen LogP contribution in [0.2, 0.25) is 0 Å². The van der Waals surface area contributed by atoms with Crippen molar-refractivity contribution in [2.45, 2.75) is 18.6 Å². The van der Waals surface area contributed by atoms with E-state index >= 15 is 0 Å². The molecule has 0 aromatic heterocycles. The second-order valence-corrected chi connectivity index (χ2v) is 4.01. The molecule has 2 rings (SSSR count). The van der Waals surface area contributed by atoms with Crippen LogP contribution in [-0.4, -0.2) is 30.1 Å². The Bertz CT molecular complexity index is 281. The molecule has 0 bridgehead atoms. The van der Waals surface area contributed by atoms with Gasteiger partial charge in [-0.1, -0.05) is 30.3 Å². The fourth-order valence-electron chi connectivity index (χ4n) is 1.91. The molecule has 0 unspecified atom stereocenters. The first kappa shape index (κ1) is 12.5. The number of benzene rings is 1. The Labute approximate surface area is 96.8 Å². The molecular weight excluding hydrogens is 210 g/mol. The van der Waals surface area contributed by atoms with Crippen LogP contribution in [-0.2, 0) is 6.54 Å². The Morgan fingerprint density at radius 3 is 2.13 bits per heavy atom. The van der Waals surface area contributed by atoms with Crippen molar-refractivity contribution in [3.63, 3.8) is 0 Å². The first-order valence-corrected chi connectivity index (χ1v) is 5.03. The van der Waals surface area contributed by atoms with Crippen molar-refractivity contribution in [2.75, 3.05) is 13.1 Å². The molecule has 0 amide bonds. The molecule has 1 fully saturated rings. The van der Waals surface area contributed by atoms with E-state index in [1.54, 1.807) is 0 Å². The van der Waals surface area contributed by atoms with E-state index in [9.17, 15) is 0 Å². The standard InChI is InChI=1S/C11H17N3.ClH/c12-10-7-14(8-11(10)13)6-9-4-2-1-3-5-9;/h1-5,10-11H,6-8,12-13H2;1H/t10-,11-;/m1./s1. The predicted molar refractivity (Wildman–Crippen MR) is 64.9 cm³/mol. The maximum absolute atomic E-state index is 5.86. The Hall–Kier alpha value is -0.610. The first-order chi connectivity index (χ1) is 6.75. The molecule has 1 aromatic carbocycles. The summed E-state index contributed by atoms with van der Waals surface area (Å²) in [6.45, 7) is 2.79. The van der Waals surface area contributed by atoms with Gasteiger partial charge in [-0.2, -0.15) is 0 Å². The third kappa shape index (κ3) is 3.18. The minimum atomic E-state index is 0. The molecule has 1 saturated heterocycles. The van der Waals surface area contributed by atoms with Gasteiger partial charge in [0, 0.05) is 31.7 Å². The van der Waals surface area contributed by atoms with Crippen LogP contribution in [0.3, 0.4) is 0 Å². The van der Waals surface area contributed by atoms with Crippen LogP contribution in [0, 0.1) is 0 Å². The first-order valence-electron chi connectivity index (χ1n) is 5.03. The summed E-state index contributed by atoms with van der Waals surface area (Å²) in [5.74, 6) is 0. The lowest BCUT2D eigenvalue weighted by Gasteiger charge is -2.14. The zero-order chi connectivity index (χ0) is 9.97. The number of nitrogens with two attached hydrogens (primary N) is 2. The smallest absolute Gasteiger partial charge is 0.0334 e. The molecule has 1 aliphatic rings. The summed E-state index contributed by atoms with van der Waals surface area (Å²) in [5, 5.41) is 0. The van der Waals surface area contributed by atoms with Crippen LogP contribution in [0.1, 0.15) is 5.56 Å². The van der Waals surface area contributed by atoms with Crippen molar-refractivity contribution in [1.82, 2.24) is 4.90 Å². The minimum Gasteiger partial charge on any atom is -0.325 e. The highest BCUT2D eigenvalue weighted by Gasteiger charge is 2.26. The summed E-state index contributed by atoms with van der Waals surface area (Å²) in [5.41, 5.74) is 13.0. The lowest BCUT2D eigenvalue weighted by atomic mass is 10.2. The number of likely N-dealkylation sites (tertiary alicyclic amines) is 1. The Balaban J connectivity index is 0.00000112. The lowest BCUT2D eigenvalue weighted by Crippen LogP contribution is -2.39. The van der Waals surface area contributed by atoms with Crippen LogP contribution in [0.4, 0.5) is 0 Å². The van der Waals surface area contributed by atoms with Gasteiger partial charge >= 0.3 is 0 Å². The topological polar surface area (TPSA) is 55.3 Å². The van der Waals surface area contributed by atoms with E-state index in [-0.39, 0.29) is 24.5 Å². The number of hydrogen-bond acceptors (Lipinski definition) is 3. The fraction of sp³-hybridized carbons (Fsp3) is 0.455. The Morgan fingerprint density at radius 1 is 1.07 bits per heavy atom. The third-order valence-corrected chi connectivity index (χ3v) is 2.74. The van der Waals surface area contributed by atoms with E-state index in [2.05, 4.69) is 29.2 Å². The Kier molecular flexibility index (Phi) is 4.54. The summed E-state index contributed by atoms with van der Waals surface area (Å²) < 4.78 is 0. The molecule has 1 heterocycles. The van der Waals surface area contributed by atoms with Crippen LogP contribution < -0.4 is 11.5 Å². The highest BCUT2D eigenvalue weighted by Crippen LogP contribution is 2.11. The molecule has 4 N–H and O–H groups in total. The third-order valence-electron chi connectivity index (χ3n) is 2.74. The van der Waals surface area contributed by atoms with Gasteiger partial charge in [0.05, 0.1) is 0 Å². The molecule has 0 radical (unpaired) electrons. The zero-order valence-electron chi connectivity index (χ0n) is 8.67. The van der Waals surface area contributed by atoms with Crippen LogP contribution in [0.5, 0.6) is 0 Å². The number of halogens is 1. The number of hydrogen-bond donors (Lipinski definition) is 2. The highest BCUT2D eigenvalue weighted by molar-refractivity contribution is 5.85. The fourth-order valence-corrected chi connectivity index (χ4v) is 1.91. The SMILES string of the molecule is Cl.N[C@@H]1CN(Cc2ccccc2)C[C@H]1N. The van der Waals surface area contributed by atoms with Gasteiger partial charge in [-0.05, 0) is 5.56 Å². The molecule has 0 saturated carbocycles. The quantitative estimate of drug-likeness (QED) is 0.777. The van der Waals surface area contributed by atoms with Gasteiger partial charge in [0.1, 0.15) is 0 Å². The summed E-state index contributed by atoms with van der Waals surface area (Å²) in [6, 6.07) is 10.7. The molecule has 2 atom stereocenters. The van der Waals surface area contributed by atoms with Crippen molar-refractivity contribution < 1.29 is 0 Å². The summed E-state index contributed by atoms with van der Waals surface area (Å²) >= 11 is 0. The van der Waals surface area contributed by atoms with Crippen LogP contribution in [0.15, 0.2) is 30.3 Å². The van der Waals surface area contributed by atoms with Crippen LogP contribution >= 0.6 is 12.4 Å². The lowest BCUT2D eigenvalue weighted by molar-refractivity contribution is 0.324.